The topological polar surface area (TPSA) is 21.3 Å². The summed E-state index contributed by atoms with van der Waals surface area (Å²) in [5, 5.41) is 0. The Labute approximate surface area is 136 Å². The molecule has 0 aromatic rings. The van der Waals surface area contributed by atoms with Gasteiger partial charge in [0.25, 0.3) is 0 Å². The van der Waals surface area contributed by atoms with E-state index in [2.05, 4.69) is 57.6 Å². The first kappa shape index (κ1) is 20.3. The van der Waals surface area contributed by atoms with Crippen molar-refractivity contribution in [2.75, 3.05) is 7.11 Å². The van der Waals surface area contributed by atoms with E-state index in [0.717, 1.165) is 25.0 Å². The average Bonchev–Trinajstić information content (AvgIpc) is 2.42. The van der Waals surface area contributed by atoms with Crippen LogP contribution in [-0.2, 0) is 4.74 Å². The zero-order chi connectivity index (χ0) is 16.3. The second kappa shape index (κ2) is 11.0. The lowest BCUT2D eigenvalue weighted by Gasteiger charge is -2.26. The third-order valence-corrected chi connectivity index (χ3v) is 3.95. The first-order valence-electron chi connectivity index (χ1n) is 7.85. The van der Waals surface area contributed by atoms with Crippen LogP contribution in [0, 0.1) is 0 Å². The molecule has 0 fully saturated rings. The summed E-state index contributed by atoms with van der Waals surface area (Å²) in [6, 6.07) is 0.315. The summed E-state index contributed by atoms with van der Waals surface area (Å²) in [6.45, 7) is 13.0. The second-order valence-electron chi connectivity index (χ2n) is 5.99. The molecule has 3 heteroatoms. The van der Waals surface area contributed by atoms with Gasteiger partial charge in [0.1, 0.15) is 5.76 Å². The van der Waals surface area contributed by atoms with Crippen molar-refractivity contribution in [3.05, 3.63) is 35.6 Å². The molecule has 0 radical (unpaired) electrons. The molecule has 0 aromatic heterocycles. The Balaban J connectivity index is 5.22. The van der Waals surface area contributed by atoms with Gasteiger partial charge in [-0.05, 0) is 53.5 Å². The standard InChI is InChI=1S/C18H33NOS/c1-8-11-12-14-15(17(10-3)20-7)16(13-9-2)19-21-18(4,5)6/h8,10-11,14,16,19H,9,12-13H2,1-7H3/b11-8-,15-14-,17-10+. The molecule has 122 valence electrons. The van der Waals surface area contributed by atoms with Crippen molar-refractivity contribution in [2.24, 2.45) is 0 Å². The molecule has 0 saturated heterocycles. The lowest BCUT2D eigenvalue weighted by Crippen LogP contribution is -2.30. The third kappa shape index (κ3) is 9.05. The van der Waals surface area contributed by atoms with Crippen LogP contribution in [0.3, 0.4) is 0 Å². The molecular formula is C18H33NOS. The summed E-state index contributed by atoms with van der Waals surface area (Å²) in [5.41, 5.74) is 1.26. The molecule has 21 heavy (non-hydrogen) atoms. The molecule has 0 amide bonds. The van der Waals surface area contributed by atoms with Crippen LogP contribution in [0.15, 0.2) is 35.6 Å². The van der Waals surface area contributed by atoms with Gasteiger partial charge in [-0.3, -0.25) is 4.72 Å². The van der Waals surface area contributed by atoms with E-state index in [1.165, 1.54) is 5.57 Å². The van der Waals surface area contributed by atoms with Gasteiger partial charge >= 0.3 is 0 Å². The molecule has 0 heterocycles. The molecule has 0 spiro atoms. The lowest BCUT2D eigenvalue weighted by atomic mass is 10.00. The van der Waals surface area contributed by atoms with E-state index in [1.54, 1.807) is 19.1 Å². The van der Waals surface area contributed by atoms with Gasteiger partial charge in [-0.15, -0.1) is 0 Å². The van der Waals surface area contributed by atoms with Crippen molar-refractivity contribution in [3.63, 3.8) is 0 Å². The highest BCUT2D eigenvalue weighted by molar-refractivity contribution is 7.98. The Hall–Kier alpha value is -0.670. The molecule has 0 bridgehead atoms. The number of hydrogen-bond acceptors (Lipinski definition) is 3. The molecule has 1 unspecified atom stereocenters. The number of nitrogens with one attached hydrogen (secondary N) is 1. The van der Waals surface area contributed by atoms with E-state index in [-0.39, 0.29) is 4.75 Å². The van der Waals surface area contributed by atoms with E-state index in [0.29, 0.717) is 6.04 Å². The smallest absolute Gasteiger partial charge is 0.119 e. The van der Waals surface area contributed by atoms with E-state index >= 15 is 0 Å². The van der Waals surface area contributed by atoms with E-state index in [9.17, 15) is 0 Å². The number of ether oxygens (including phenoxy) is 1. The van der Waals surface area contributed by atoms with E-state index in [4.69, 9.17) is 4.74 Å². The Bertz CT molecular complexity index is 364. The zero-order valence-electron chi connectivity index (χ0n) is 14.8. The molecule has 0 aliphatic rings. The lowest BCUT2D eigenvalue weighted by molar-refractivity contribution is 0.293. The van der Waals surface area contributed by atoms with Gasteiger partial charge in [0.05, 0.1) is 7.11 Å². The predicted molar refractivity (Wildman–Crippen MR) is 97.5 cm³/mol. The number of methoxy groups -OCH3 is 1. The molecule has 0 aliphatic heterocycles. The molecule has 1 atom stereocenters. The molecule has 0 saturated carbocycles. The highest BCUT2D eigenvalue weighted by Crippen LogP contribution is 2.26. The fraction of sp³-hybridized carbons (Fsp3) is 0.667. The summed E-state index contributed by atoms with van der Waals surface area (Å²) < 4.78 is 9.41. The van der Waals surface area contributed by atoms with Crippen molar-refractivity contribution in [1.29, 1.82) is 0 Å². The van der Waals surface area contributed by atoms with E-state index in [1.807, 2.05) is 13.0 Å². The van der Waals surface area contributed by atoms with Crippen LogP contribution in [0.4, 0.5) is 0 Å². The van der Waals surface area contributed by atoms with Crippen LogP contribution in [0.1, 0.15) is 60.8 Å². The van der Waals surface area contributed by atoms with Crippen molar-refractivity contribution in [3.8, 4) is 0 Å². The SMILES string of the molecule is C/C=C\C/C=C(\C(=C/C)OC)C(CCC)NSC(C)(C)C. The van der Waals surface area contributed by atoms with Crippen LogP contribution in [0.2, 0.25) is 0 Å². The molecular weight excluding hydrogens is 278 g/mol. The maximum atomic E-state index is 5.57. The normalized spacial score (nSPS) is 15.6. The maximum absolute atomic E-state index is 5.57. The third-order valence-electron chi connectivity index (χ3n) is 2.94. The first-order valence-corrected chi connectivity index (χ1v) is 8.66. The number of allylic oxidation sites excluding steroid dienone is 4. The van der Waals surface area contributed by atoms with Crippen molar-refractivity contribution in [2.45, 2.75) is 71.6 Å². The molecule has 0 rings (SSSR count). The Morgan fingerprint density at radius 3 is 2.38 bits per heavy atom. The minimum Gasteiger partial charge on any atom is -0.497 e. The summed E-state index contributed by atoms with van der Waals surface area (Å²) in [4.78, 5) is 0. The predicted octanol–water partition coefficient (Wildman–Crippen LogP) is 5.63. The van der Waals surface area contributed by atoms with Gasteiger partial charge in [0.2, 0.25) is 0 Å². The Kier molecular flexibility index (Phi) is 10.6. The second-order valence-corrected chi connectivity index (χ2v) is 7.66. The molecule has 0 aromatic carbocycles. The minimum absolute atomic E-state index is 0.198. The largest absolute Gasteiger partial charge is 0.497 e. The highest BCUT2D eigenvalue weighted by Gasteiger charge is 2.20. The Morgan fingerprint density at radius 2 is 1.95 bits per heavy atom. The van der Waals surface area contributed by atoms with Crippen LogP contribution in [-0.4, -0.2) is 17.9 Å². The van der Waals surface area contributed by atoms with Crippen LogP contribution in [0.5, 0.6) is 0 Å². The molecule has 0 aliphatic carbocycles. The monoisotopic (exact) mass is 311 g/mol. The first-order chi connectivity index (χ1) is 9.89. The Morgan fingerprint density at radius 1 is 1.29 bits per heavy atom. The minimum atomic E-state index is 0.198. The zero-order valence-corrected chi connectivity index (χ0v) is 15.6. The van der Waals surface area contributed by atoms with Gasteiger partial charge in [-0.2, -0.15) is 0 Å². The van der Waals surface area contributed by atoms with Crippen LogP contribution < -0.4 is 4.72 Å². The summed E-state index contributed by atoms with van der Waals surface area (Å²) in [6.07, 6.45) is 11.8. The van der Waals surface area contributed by atoms with Gasteiger partial charge in [0.15, 0.2) is 0 Å². The summed E-state index contributed by atoms with van der Waals surface area (Å²) in [5.74, 6) is 0.972. The average molecular weight is 312 g/mol. The van der Waals surface area contributed by atoms with E-state index < -0.39 is 0 Å². The quantitative estimate of drug-likeness (QED) is 0.258. The summed E-state index contributed by atoms with van der Waals surface area (Å²) in [7, 11) is 1.75. The highest BCUT2D eigenvalue weighted by atomic mass is 32.2. The van der Waals surface area contributed by atoms with Gasteiger partial charge in [0, 0.05) is 16.4 Å². The van der Waals surface area contributed by atoms with Crippen molar-refractivity contribution in [1.82, 2.24) is 4.72 Å². The fourth-order valence-electron chi connectivity index (χ4n) is 1.96. The van der Waals surface area contributed by atoms with Crippen LogP contribution >= 0.6 is 11.9 Å². The number of rotatable bonds is 9. The maximum Gasteiger partial charge on any atom is 0.119 e. The number of hydrogen-bond donors (Lipinski definition) is 1. The van der Waals surface area contributed by atoms with Crippen molar-refractivity contribution < 1.29 is 4.74 Å². The van der Waals surface area contributed by atoms with Crippen LogP contribution in [0.25, 0.3) is 0 Å². The van der Waals surface area contributed by atoms with Crippen molar-refractivity contribution >= 4 is 11.9 Å². The fourth-order valence-corrected chi connectivity index (χ4v) is 2.70. The van der Waals surface area contributed by atoms with Gasteiger partial charge < -0.3 is 4.74 Å². The summed E-state index contributed by atoms with van der Waals surface area (Å²) >= 11 is 1.80. The van der Waals surface area contributed by atoms with Gasteiger partial charge in [-0.1, -0.05) is 43.5 Å². The molecule has 1 N–H and O–H groups in total. The van der Waals surface area contributed by atoms with Gasteiger partial charge in [-0.25, -0.2) is 0 Å². The molecule has 2 nitrogen and oxygen atoms in total.